The SMILES string of the molecule is CCCN(CC(=O)O)c1ncc(Cl)cn1. The van der Waals surface area contributed by atoms with E-state index in [0.29, 0.717) is 17.5 Å². The van der Waals surface area contributed by atoms with Crippen LogP contribution in [0.25, 0.3) is 0 Å². The van der Waals surface area contributed by atoms with E-state index in [0.717, 1.165) is 6.42 Å². The van der Waals surface area contributed by atoms with E-state index >= 15 is 0 Å². The topological polar surface area (TPSA) is 66.3 Å². The standard InChI is InChI=1S/C9H12ClN3O2/c1-2-3-13(6-8(14)15)9-11-4-7(10)5-12-9/h4-5H,2-3,6H2,1H3,(H,14,15). The fraction of sp³-hybridized carbons (Fsp3) is 0.444. The maximum atomic E-state index is 10.6. The van der Waals surface area contributed by atoms with Crippen molar-refractivity contribution in [3.05, 3.63) is 17.4 Å². The van der Waals surface area contributed by atoms with Crippen LogP contribution in [0.3, 0.4) is 0 Å². The Morgan fingerprint density at radius 1 is 1.53 bits per heavy atom. The molecule has 0 atom stereocenters. The Morgan fingerprint density at radius 3 is 2.60 bits per heavy atom. The molecule has 0 unspecified atom stereocenters. The van der Waals surface area contributed by atoms with E-state index in [4.69, 9.17) is 16.7 Å². The van der Waals surface area contributed by atoms with E-state index in [9.17, 15) is 4.79 Å². The minimum absolute atomic E-state index is 0.102. The Hall–Kier alpha value is -1.36. The Balaban J connectivity index is 2.78. The molecule has 0 bridgehead atoms. The summed E-state index contributed by atoms with van der Waals surface area (Å²) in [7, 11) is 0. The van der Waals surface area contributed by atoms with E-state index in [1.807, 2.05) is 6.92 Å². The number of aliphatic carboxylic acids is 1. The molecule has 0 aliphatic heterocycles. The lowest BCUT2D eigenvalue weighted by molar-refractivity contribution is -0.135. The van der Waals surface area contributed by atoms with Crippen LogP contribution >= 0.6 is 11.6 Å². The van der Waals surface area contributed by atoms with Gasteiger partial charge in [-0.15, -0.1) is 0 Å². The molecule has 0 aliphatic rings. The molecule has 0 spiro atoms. The van der Waals surface area contributed by atoms with Crippen LogP contribution in [-0.4, -0.2) is 34.1 Å². The summed E-state index contributed by atoms with van der Waals surface area (Å²) in [6, 6.07) is 0. The molecule has 15 heavy (non-hydrogen) atoms. The van der Waals surface area contributed by atoms with E-state index in [1.165, 1.54) is 12.4 Å². The molecule has 6 heteroatoms. The molecule has 1 heterocycles. The van der Waals surface area contributed by atoms with Gasteiger partial charge >= 0.3 is 5.97 Å². The number of hydrogen-bond acceptors (Lipinski definition) is 4. The number of aromatic nitrogens is 2. The van der Waals surface area contributed by atoms with Crippen LogP contribution < -0.4 is 4.90 Å². The highest BCUT2D eigenvalue weighted by atomic mass is 35.5. The second-order valence-electron chi connectivity index (χ2n) is 3.02. The minimum atomic E-state index is -0.901. The predicted octanol–water partition coefficient (Wildman–Crippen LogP) is 1.43. The van der Waals surface area contributed by atoms with Crippen molar-refractivity contribution in [2.45, 2.75) is 13.3 Å². The molecule has 1 N–H and O–H groups in total. The summed E-state index contributed by atoms with van der Waals surface area (Å²) in [4.78, 5) is 20.1. The monoisotopic (exact) mass is 229 g/mol. The molecule has 0 radical (unpaired) electrons. The van der Waals surface area contributed by atoms with Crippen LogP contribution in [-0.2, 0) is 4.79 Å². The highest BCUT2D eigenvalue weighted by Crippen LogP contribution is 2.10. The van der Waals surface area contributed by atoms with Gasteiger partial charge < -0.3 is 10.0 Å². The van der Waals surface area contributed by atoms with Crippen LogP contribution in [0.15, 0.2) is 12.4 Å². The van der Waals surface area contributed by atoms with Crippen molar-refractivity contribution in [1.29, 1.82) is 0 Å². The van der Waals surface area contributed by atoms with Gasteiger partial charge in [-0.25, -0.2) is 9.97 Å². The zero-order valence-corrected chi connectivity index (χ0v) is 9.11. The van der Waals surface area contributed by atoms with Crippen molar-refractivity contribution >= 4 is 23.5 Å². The largest absolute Gasteiger partial charge is 0.480 e. The maximum absolute atomic E-state index is 10.6. The van der Waals surface area contributed by atoms with Crippen molar-refractivity contribution in [2.24, 2.45) is 0 Å². The number of carboxylic acids is 1. The van der Waals surface area contributed by atoms with Gasteiger partial charge in [-0.2, -0.15) is 0 Å². The van der Waals surface area contributed by atoms with Crippen LogP contribution in [0.4, 0.5) is 5.95 Å². The van der Waals surface area contributed by atoms with Gasteiger partial charge in [0.2, 0.25) is 5.95 Å². The fourth-order valence-corrected chi connectivity index (χ4v) is 1.25. The van der Waals surface area contributed by atoms with E-state index in [2.05, 4.69) is 9.97 Å². The number of halogens is 1. The summed E-state index contributed by atoms with van der Waals surface area (Å²) < 4.78 is 0. The average Bonchev–Trinajstić information content (AvgIpc) is 2.17. The van der Waals surface area contributed by atoms with Gasteiger partial charge in [0.15, 0.2) is 0 Å². The fourth-order valence-electron chi connectivity index (χ4n) is 1.15. The van der Waals surface area contributed by atoms with Crippen molar-refractivity contribution in [1.82, 2.24) is 9.97 Å². The molecule has 82 valence electrons. The first-order valence-corrected chi connectivity index (χ1v) is 4.95. The molecule has 1 aromatic heterocycles. The summed E-state index contributed by atoms with van der Waals surface area (Å²) in [5.74, 6) is -0.509. The molecule has 0 fully saturated rings. The Labute approximate surface area is 92.7 Å². The van der Waals surface area contributed by atoms with Gasteiger partial charge in [0.05, 0.1) is 17.4 Å². The minimum Gasteiger partial charge on any atom is -0.480 e. The smallest absolute Gasteiger partial charge is 0.323 e. The number of rotatable bonds is 5. The second-order valence-corrected chi connectivity index (χ2v) is 3.45. The number of carbonyl (C=O) groups is 1. The van der Waals surface area contributed by atoms with Crippen LogP contribution in [0.5, 0.6) is 0 Å². The first-order chi connectivity index (χ1) is 7.13. The number of anilines is 1. The number of carboxylic acid groups (broad SMARTS) is 1. The molecule has 0 aromatic carbocycles. The quantitative estimate of drug-likeness (QED) is 0.828. The van der Waals surface area contributed by atoms with Gasteiger partial charge in [0.1, 0.15) is 6.54 Å². The molecule has 0 amide bonds. The van der Waals surface area contributed by atoms with E-state index in [1.54, 1.807) is 4.90 Å². The van der Waals surface area contributed by atoms with Crippen LogP contribution in [0.2, 0.25) is 5.02 Å². The van der Waals surface area contributed by atoms with E-state index in [-0.39, 0.29) is 6.54 Å². The highest BCUT2D eigenvalue weighted by Gasteiger charge is 2.11. The molecule has 1 rings (SSSR count). The lowest BCUT2D eigenvalue weighted by Crippen LogP contribution is -2.31. The summed E-state index contributed by atoms with van der Waals surface area (Å²) in [5.41, 5.74) is 0. The van der Waals surface area contributed by atoms with Gasteiger partial charge in [0.25, 0.3) is 0 Å². The summed E-state index contributed by atoms with van der Waals surface area (Å²) in [6.45, 7) is 2.47. The Bertz CT molecular complexity index is 329. The lowest BCUT2D eigenvalue weighted by Gasteiger charge is -2.19. The zero-order chi connectivity index (χ0) is 11.3. The highest BCUT2D eigenvalue weighted by molar-refractivity contribution is 6.30. The van der Waals surface area contributed by atoms with Crippen molar-refractivity contribution in [3.63, 3.8) is 0 Å². The normalized spacial score (nSPS) is 10.0. The molecule has 1 aromatic rings. The number of hydrogen-bond donors (Lipinski definition) is 1. The Morgan fingerprint density at radius 2 is 2.13 bits per heavy atom. The first kappa shape index (κ1) is 11.7. The predicted molar refractivity (Wildman–Crippen MR) is 57.2 cm³/mol. The first-order valence-electron chi connectivity index (χ1n) is 4.57. The number of nitrogens with zero attached hydrogens (tertiary/aromatic N) is 3. The summed E-state index contributed by atoms with van der Waals surface area (Å²) >= 11 is 5.64. The average molecular weight is 230 g/mol. The van der Waals surface area contributed by atoms with Crippen molar-refractivity contribution in [3.8, 4) is 0 Å². The van der Waals surface area contributed by atoms with Crippen molar-refractivity contribution < 1.29 is 9.90 Å². The Kier molecular flexibility index (Phi) is 4.30. The third kappa shape index (κ3) is 3.71. The van der Waals surface area contributed by atoms with Gasteiger partial charge in [-0.3, -0.25) is 4.79 Å². The molecule has 0 saturated heterocycles. The maximum Gasteiger partial charge on any atom is 0.323 e. The van der Waals surface area contributed by atoms with Gasteiger partial charge in [-0.1, -0.05) is 18.5 Å². The third-order valence-electron chi connectivity index (χ3n) is 1.71. The zero-order valence-electron chi connectivity index (χ0n) is 8.35. The summed E-state index contributed by atoms with van der Waals surface area (Å²) in [5, 5.41) is 9.14. The van der Waals surface area contributed by atoms with Gasteiger partial charge in [-0.05, 0) is 6.42 Å². The van der Waals surface area contributed by atoms with Crippen LogP contribution in [0.1, 0.15) is 13.3 Å². The summed E-state index contributed by atoms with van der Waals surface area (Å²) in [6.07, 6.45) is 3.74. The molecule has 5 nitrogen and oxygen atoms in total. The molecule has 0 aliphatic carbocycles. The second kappa shape index (κ2) is 5.50. The third-order valence-corrected chi connectivity index (χ3v) is 1.90. The van der Waals surface area contributed by atoms with E-state index < -0.39 is 5.97 Å². The van der Waals surface area contributed by atoms with Crippen LogP contribution in [0, 0.1) is 0 Å². The van der Waals surface area contributed by atoms with Crippen molar-refractivity contribution in [2.75, 3.05) is 18.0 Å². The molecular formula is C9H12ClN3O2. The molecule has 0 saturated carbocycles. The molecular weight excluding hydrogens is 218 g/mol. The lowest BCUT2D eigenvalue weighted by atomic mass is 10.4. The van der Waals surface area contributed by atoms with Gasteiger partial charge in [0, 0.05) is 6.54 Å².